The number of hydrogen-bond acceptors (Lipinski definition) is 5. The van der Waals surface area contributed by atoms with Crippen molar-refractivity contribution in [2.45, 2.75) is 13.0 Å². The second kappa shape index (κ2) is 6.32. The van der Waals surface area contributed by atoms with Crippen molar-refractivity contribution in [1.82, 2.24) is 5.32 Å². The molecule has 0 saturated heterocycles. The summed E-state index contributed by atoms with van der Waals surface area (Å²) in [6.45, 7) is 1.99. The second-order valence-electron chi connectivity index (χ2n) is 3.54. The van der Waals surface area contributed by atoms with Gasteiger partial charge in [0, 0.05) is 10.9 Å². The maximum atomic E-state index is 9.39. The standard InChI is InChI=1S/C12H16N2O2S/c1-8(14-2)12(17-7-13)6-9-3-4-10(15)11(16)5-9/h3-8,13-16H,1-2H3/b12-6+,13-7?. The monoisotopic (exact) mass is 252 g/mol. The SMILES string of the molecule is CNC(C)/C(=C\c1ccc(O)c(O)c1)SC=N. The molecule has 0 aliphatic carbocycles. The average Bonchev–Trinajstić information content (AvgIpc) is 2.32. The maximum absolute atomic E-state index is 9.39. The molecule has 1 atom stereocenters. The molecular weight excluding hydrogens is 236 g/mol. The van der Waals surface area contributed by atoms with E-state index in [0.29, 0.717) is 0 Å². The number of phenolic OH excluding ortho intramolecular Hbond substituents is 2. The zero-order chi connectivity index (χ0) is 12.8. The topological polar surface area (TPSA) is 76.3 Å². The first-order chi connectivity index (χ1) is 8.08. The van der Waals surface area contributed by atoms with Gasteiger partial charge in [0.05, 0.1) is 5.55 Å². The Morgan fingerprint density at radius 1 is 1.41 bits per heavy atom. The van der Waals surface area contributed by atoms with E-state index in [1.807, 2.05) is 20.0 Å². The number of thioether (sulfide) groups is 1. The van der Waals surface area contributed by atoms with Gasteiger partial charge in [-0.25, -0.2) is 0 Å². The van der Waals surface area contributed by atoms with Gasteiger partial charge in [0.25, 0.3) is 0 Å². The van der Waals surface area contributed by atoms with E-state index in [2.05, 4.69) is 5.32 Å². The Labute approximate surface area is 105 Å². The minimum atomic E-state index is -0.143. The van der Waals surface area contributed by atoms with Crippen molar-refractivity contribution in [3.05, 3.63) is 28.7 Å². The minimum absolute atomic E-state index is 0.123. The van der Waals surface area contributed by atoms with Gasteiger partial charge >= 0.3 is 0 Å². The fourth-order valence-corrected chi connectivity index (χ4v) is 1.93. The summed E-state index contributed by atoms with van der Waals surface area (Å²) in [7, 11) is 1.84. The predicted molar refractivity (Wildman–Crippen MR) is 72.6 cm³/mol. The highest BCUT2D eigenvalue weighted by Crippen LogP contribution is 2.28. The zero-order valence-electron chi connectivity index (χ0n) is 9.77. The van der Waals surface area contributed by atoms with Gasteiger partial charge < -0.3 is 20.9 Å². The molecule has 0 aliphatic heterocycles. The van der Waals surface area contributed by atoms with Gasteiger partial charge in [-0.05, 0) is 37.7 Å². The number of phenols is 2. The van der Waals surface area contributed by atoms with E-state index in [-0.39, 0.29) is 17.5 Å². The molecule has 0 bridgehead atoms. The molecular formula is C12H16N2O2S. The molecule has 0 radical (unpaired) electrons. The zero-order valence-corrected chi connectivity index (χ0v) is 10.6. The third kappa shape index (κ3) is 3.80. The van der Waals surface area contributed by atoms with E-state index in [4.69, 9.17) is 5.41 Å². The van der Waals surface area contributed by atoms with Crippen LogP contribution in [0.4, 0.5) is 0 Å². The van der Waals surface area contributed by atoms with Crippen LogP contribution in [0.2, 0.25) is 0 Å². The van der Waals surface area contributed by atoms with Crippen molar-refractivity contribution in [3.63, 3.8) is 0 Å². The van der Waals surface area contributed by atoms with Crippen LogP contribution in [0, 0.1) is 5.41 Å². The molecule has 0 heterocycles. The molecule has 4 nitrogen and oxygen atoms in total. The third-order valence-electron chi connectivity index (χ3n) is 2.36. The summed E-state index contributed by atoms with van der Waals surface area (Å²) in [5.74, 6) is -0.278. The van der Waals surface area contributed by atoms with Gasteiger partial charge in [0.2, 0.25) is 0 Å². The molecule has 5 heteroatoms. The number of nitrogens with one attached hydrogen (secondary N) is 2. The van der Waals surface area contributed by atoms with Crippen molar-refractivity contribution in [3.8, 4) is 11.5 Å². The van der Waals surface area contributed by atoms with Gasteiger partial charge in [-0.3, -0.25) is 0 Å². The van der Waals surface area contributed by atoms with Crippen molar-refractivity contribution in [2.75, 3.05) is 7.05 Å². The Morgan fingerprint density at radius 3 is 2.65 bits per heavy atom. The predicted octanol–water partition coefficient (Wildman–Crippen LogP) is 2.39. The van der Waals surface area contributed by atoms with Crippen LogP contribution in [-0.4, -0.2) is 28.8 Å². The summed E-state index contributed by atoms with van der Waals surface area (Å²) in [5, 5.41) is 28.8. The number of aromatic hydroxyl groups is 2. The highest BCUT2D eigenvalue weighted by Gasteiger charge is 2.07. The minimum Gasteiger partial charge on any atom is -0.504 e. The molecule has 1 aromatic carbocycles. The highest BCUT2D eigenvalue weighted by atomic mass is 32.2. The molecule has 0 aliphatic rings. The average molecular weight is 252 g/mol. The van der Waals surface area contributed by atoms with E-state index in [1.165, 1.54) is 29.4 Å². The second-order valence-corrected chi connectivity index (χ2v) is 4.48. The third-order valence-corrected chi connectivity index (χ3v) is 3.22. The van der Waals surface area contributed by atoms with Gasteiger partial charge in [0.15, 0.2) is 11.5 Å². The largest absolute Gasteiger partial charge is 0.504 e. The fraction of sp³-hybridized carbons (Fsp3) is 0.250. The van der Waals surface area contributed by atoms with Crippen LogP contribution in [-0.2, 0) is 0 Å². The number of likely N-dealkylation sites (N-methyl/N-ethyl adjacent to an activating group) is 1. The lowest BCUT2D eigenvalue weighted by molar-refractivity contribution is 0.403. The molecule has 1 rings (SSSR count). The van der Waals surface area contributed by atoms with E-state index in [1.54, 1.807) is 6.07 Å². The Hall–Kier alpha value is -1.46. The van der Waals surface area contributed by atoms with Crippen LogP contribution in [0.25, 0.3) is 6.08 Å². The van der Waals surface area contributed by atoms with Crippen molar-refractivity contribution < 1.29 is 10.2 Å². The van der Waals surface area contributed by atoms with Gasteiger partial charge in [-0.2, -0.15) is 0 Å². The van der Waals surface area contributed by atoms with Crippen LogP contribution in [0.5, 0.6) is 11.5 Å². The summed E-state index contributed by atoms with van der Waals surface area (Å²) in [4.78, 5) is 0.965. The number of rotatable bonds is 5. The Morgan fingerprint density at radius 2 is 2.12 bits per heavy atom. The first-order valence-corrected chi connectivity index (χ1v) is 6.03. The lowest BCUT2D eigenvalue weighted by Crippen LogP contribution is -2.22. The summed E-state index contributed by atoms with van der Waals surface area (Å²) in [6, 6.07) is 4.76. The molecule has 0 fully saturated rings. The van der Waals surface area contributed by atoms with E-state index in [0.717, 1.165) is 10.5 Å². The van der Waals surface area contributed by atoms with Crippen molar-refractivity contribution in [1.29, 1.82) is 5.41 Å². The molecule has 0 saturated carbocycles. The molecule has 0 amide bonds. The van der Waals surface area contributed by atoms with Crippen LogP contribution < -0.4 is 5.32 Å². The molecule has 92 valence electrons. The lowest BCUT2D eigenvalue weighted by Gasteiger charge is -2.12. The molecule has 0 spiro atoms. The first kappa shape index (κ1) is 13.6. The lowest BCUT2D eigenvalue weighted by atomic mass is 10.1. The Balaban J connectivity index is 3.03. The fourth-order valence-electron chi connectivity index (χ4n) is 1.27. The molecule has 17 heavy (non-hydrogen) atoms. The highest BCUT2D eigenvalue weighted by molar-refractivity contribution is 8.15. The maximum Gasteiger partial charge on any atom is 0.157 e. The van der Waals surface area contributed by atoms with Crippen LogP contribution in [0.3, 0.4) is 0 Å². The number of benzene rings is 1. The molecule has 0 aromatic heterocycles. The molecule has 1 unspecified atom stereocenters. The summed E-state index contributed by atoms with van der Waals surface area (Å²) >= 11 is 1.31. The van der Waals surface area contributed by atoms with Gasteiger partial charge in [-0.1, -0.05) is 17.8 Å². The van der Waals surface area contributed by atoms with E-state index < -0.39 is 0 Å². The van der Waals surface area contributed by atoms with E-state index in [9.17, 15) is 10.2 Å². The van der Waals surface area contributed by atoms with Gasteiger partial charge in [0.1, 0.15) is 0 Å². The smallest absolute Gasteiger partial charge is 0.157 e. The summed E-state index contributed by atoms with van der Waals surface area (Å²) in [5.41, 5.74) is 2.05. The molecule has 1 aromatic rings. The summed E-state index contributed by atoms with van der Waals surface area (Å²) in [6.07, 6.45) is 1.87. The van der Waals surface area contributed by atoms with Crippen LogP contribution >= 0.6 is 11.8 Å². The van der Waals surface area contributed by atoms with E-state index >= 15 is 0 Å². The van der Waals surface area contributed by atoms with Gasteiger partial charge in [-0.15, -0.1) is 0 Å². The normalized spacial score (nSPS) is 13.4. The van der Waals surface area contributed by atoms with Crippen LogP contribution in [0.15, 0.2) is 23.1 Å². The van der Waals surface area contributed by atoms with Crippen molar-refractivity contribution in [2.24, 2.45) is 0 Å². The Bertz CT molecular complexity index is 433. The Kier molecular flexibility index (Phi) is 5.06. The van der Waals surface area contributed by atoms with Crippen molar-refractivity contribution >= 4 is 23.4 Å². The summed E-state index contributed by atoms with van der Waals surface area (Å²) < 4.78 is 0. The van der Waals surface area contributed by atoms with Crippen LogP contribution in [0.1, 0.15) is 12.5 Å². The number of hydrogen-bond donors (Lipinski definition) is 4. The first-order valence-electron chi connectivity index (χ1n) is 5.15. The quantitative estimate of drug-likeness (QED) is 0.369. The molecule has 4 N–H and O–H groups in total.